The van der Waals surface area contributed by atoms with Crippen molar-refractivity contribution in [1.82, 2.24) is 4.98 Å². The number of rotatable bonds is 6. The zero-order chi connectivity index (χ0) is 20.1. The summed E-state index contributed by atoms with van der Waals surface area (Å²) in [4.78, 5) is 16.2. The highest BCUT2D eigenvalue weighted by atomic mass is 32.2. The number of amides is 1. The Bertz CT molecular complexity index is 1080. The number of ether oxygens (including phenoxy) is 1. The van der Waals surface area contributed by atoms with Crippen molar-refractivity contribution in [3.63, 3.8) is 0 Å². The van der Waals surface area contributed by atoms with Crippen molar-refractivity contribution in [2.45, 2.75) is 4.90 Å². The molecule has 9 heteroatoms. The third-order valence-electron chi connectivity index (χ3n) is 3.75. The second-order valence-electron chi connectivity index (χ2n) is 5.65. The molecule has 0 atom stereocenters. The number of carbonyl (C=O) groups is 1. The number of halogens is 1. The van der Waals surface area contributed by atoms with Crippen LogP contribution in [0, 0.1) is 5.82 Å². The van der Waals surface area contributed by atoms with E-state index >= 15 is 0 Å². The van der Waals surface area contributed by atoms with Crippen LogP contribution < -0.4 is 14.8 Å². The van der Waals surface area contributed by atoms with Crippen LogP contribution in [-0.4, -0.2) is 26.4 Å². The predicted octanol–water partition coefficient (Wildman–Crippen LogP) is 3.28. The van der Waals surface area contributed by atoms with Crippen LogP contribution >= 0.6 is 0 Å². The number of nitrogens with zero attached hydrogens (tertiary/aromatic N) is 1. The van der Waals surface area contributed by atoms with Crippen LogP contribution in [0.3, 0.4) is 0 Å². The molecule has 0 aliphatic heterocycles. The second kappa shape index (κ2) is 8.05. The average molecular weight is 401 g/mol. The lowest BCUT2D eigenvalue weighted by molar-refractivity contribution is 0.102. The van der Waals surface area contributed by atoms with Gasteiger partial charge in [-0.25, -0.2) is 17.8 Å². The van der Waals surface area contributed by atoms with Gasteiger partial charge in [0.15, 0.2) is 0 Å². The molecule has 144 valence electrons. The van der Waals surface area contributed by atoms with E-state index in [0.29, 0.717) is 11.6 Å². The number of hydrogen-bond acceptors (Lipinski definition) is 5. The number of aromatic nitrogens is 1. The summed E-state index contributed by atoms with van der Waals surface area (Å²) < 4.78 is 45.6. The Hall–Kier alpha value is -3.46. The third kappa shape index (κ3) is 4.44. The van der Waals surface area contributed by atoms with Gasteiger partial charge in [0.1, 0.15) is 5.82 Å². The fourth-order valence-corrected chi connectivity index (χ4v) is 3.38. The Morgan fingerprint density at radius 3 is 2.36 bits per heavy atom. The van der Waals surface area contributed by atoms with Crippen LogP contribution in [0.4, 0.5) is 15.8 Å². The van der Waals surface area contributed by atoms with Gasteiger partial charge in [0.05, 0.1) is 29.6 Å². The molecule has 28 heavy (non-hydrogen) atoms. The maximum atomic E-state index is 13.7. The van der Waals surface area contributed by atoms with E-state index in [9.17, 15) is 17.6 Å². The Morgan fingerprint density at radius 2 is 1.75 bits per heavy atom. The first kappa shape index (κ1) is 19.3. The highest BCUT2D eigenvalue weighted by Gasteiger charge is 2.17. The number of methoxy groups -OCH3 is 1. The summed E-state index contributed by atoms with van der Waals surface area (Å²) in [6.45, 7) is 0. The van der Waals surface area contributed by atoms with Crippen molar-refractivity contribution in [3.05, 3.63) is 78.2 Å². The van der Waals surface area contributed by atoms with Gasteiger partial charge in [-0.05, 0) is 42.5 Å². The van der Waals surface area contributed by atoms with Crippen LogP contribution in [0.15, 0.2) is 71.8 Å². The van der Waals surface area contributed by atoms with Crippen LogP contribution in [0.25, 0.3) is 0 Å². The molecule has 3 rings (SSSR count). The fraction of sp³-hybridized carbons (Fsp3) is 0.0526. The monoisotopic (exact) mass is 401 g/mol. The van der Waals surface area contributed by atoms with Gasteiger partial charge in [-0.3, -0.25) is 9.52 Å². The minimum Gasteiger partial charge on any atom is -0.481 e. The van der Waals surface area contributed by atoms with Crippen LogP contribution in [0.1, 0.15) is 10.4 Å². The number of benzene rings is 2. The van der Waals surface area contributed by atoms with E-state index in [0.717, 1.165) is 6.07 Å². The number of anilines is 2. The molecule has 3 aromatic rings. The van der Waals surface area contributed by atoms with Crippen molar-refractivity contribution in [3.8, 4) is 5.88 Å². The average Bonchev–Trinajstić information content (AvgIpc) is 2.70. The molecular formula is C19H16FN3O4S. The van der Waals surface area contributed by atoms with Gasteiger partial charge < -0.3 is 10.1 Å². The molecule has 0 spiro atoms. The van der Waals surface area contributed by atoms with Crippen molar-refractivity contribution in [1.29, 1.82) is 0 Å². The van der Waals surface area contributed by atoms with E-state index in [2.05, 4.69) is 15.0 Å². The number of pyridine rings is 1. The third-order valence-corrected chi connectivity index (χ3v) is 5.13. The topological polar surface area (TPSA) is 97.4 Å². The lowest BCUT2D eigenvalue weighted by atomic mass is 10.2. The molecule has 0 unspecified atom stereocenters. The van der Waals surface area contributed by atoms with Crippen molar-refractivity contribution >= 4 is 27.3 Å². The quantitative estimate of drug-likeness (QED) is 0.661. The molecule has 0 fully saturated rings. The van der Waals surface area contributed by atoms with Gasteiger partial charge >= 0.3 is 0 Å². The molecule has 1 aromatic heterocycles. The first-order chi connectivity index (χ1) is 13.4. The summed E-state index contributed by atoms with van der Waals surface area (Å²) in [7, 11) is -2.51. The first-order valence-corrected chi connectivity index (χ1v) is 9.56. The highest BCUT2D eigenvalue weighted by Crippen LogP contribution is 2.19. The van der Waals surface area contributed by atoms with Gasteiger partial charge in [0, 0.05) is 11.6 Å². The number of carbonyl (C=O) groups excluding carboxylic acids is 1. The molecule has 2 aromatic carbocycles. The molecule has 2 N–H and O–H groups in total. The fourth-order valence-electron chi connectivity index (χ4n) is 2.31. The molecule has 0 radical (unpaired) electrons. The summed E-state index contributed by atoms with van der Waals surface area (Å²) in [5.74, 6) is -0.705. The van der Waals surface area contributed by atoms with Crippen LogP contribution in [0.5, 0.6) is 5.88 Å². The number of nitrogens with one attached hydrogen (secondary N) is 2. The van der Waals surface area contributed by atoms with E-state index < -0.39 is 21.7 Å². The molecule has 0 saturated carbocycles. The van der Waals surface area contributed by atoms with Gasteiger partial charge in [-0.2, -0.15) is 0 Å². The number of para-hydroxylation sites is 1. The SMILES string of the molecule is COc1ccc(NC(=O)c2ccc(S(=O)(=O)Nc3ccccc3F)cc2)cn1. The molecule has 7 nitrogen and oxygen atoms in total. The van der Waals surface area contributed by atoms with Gasteiger partial charge in [-0.1, -0.05) is 12.1 Å². The van der Waals surface area contributed by atoms with Gasteiger partial charge in [0.25, 0.3) is 15.9 Å². The van der Waals surface area contributed by atoms with Gasteiger partial charge in [-0.15, -0.1) is 0 Å². The summed E-state index contributed by atoms with van der Waals surface area (Å²) in [6.07, 6.45) is 1.44. The smallest absolute Gasteiger partial charge is 0.261 e. The van der Waals surface area contributed by atoms with Crippen LogP contribution in [0.2, 0.25) is 0 Å². The Balaban J connectivity index is 1.73. The zero-order valence-corrected chi connectivity index (χ0v) is 15.5. The lowest BCUT2D eigenvalue weighted by Gasteiger charge is -2.10. The standard InChI is InChI=1S/C19H16FN3O4S/c1-27-18-11-8-14(12-21-18)22-19(24)13-6-9-15(10-7-13)28(25,26)23-17-5-3-2-4-16(17)20/h2-12,23H,1H3,(H,22,24). The van der Waals surface area contributed by atoms with E-state index in [1.165, 1.54) is 55.8 Å². The summed E-state index contributed by atoms with van der Waals surface area (Å²) >= 11 is 0. The van der Waals surface area contributed by atoms with E-state index in [1.807, 2.05) is 0 Å². The van der Waals surface area contributed by atoms with Crippen molar-refractivity contribution in [2.75, 3.05) is 17.1 Å². The Labute approximate surface area is 161 Å². The van der Waals surface area contributed by atoms with Crippen molar-refractivity contribution < 1.29 is 22.3 Å². The van der Waals surface area contributed by atoms with Crippen molar-refractivity contribution in [2.24, 2.45) is 0 Å². The molecule has 1 heterocycles. The van der Waals surface area contributed by atoms with Gasteiger partial charge in [0.2, 0.25) is 5.88 Å². The molecular weight excluding hydrogens is 385 g/mol. The summed E-state index contributed by atoms with van der Waals surface area (Å²) in [6, 6.07) is 13.9. The molecule has 1 amide bonds. The lowest BCUT2D eigenvalue weighted by Crippen LogP contribution is -2.15. The van der Waals surface area contributed by atoms with Crippen LogP contribution in [-0.2, 0) is 10.0 Å². The number of hydrogen-bond donors (Lipinski definition) is 2. The minimum absolute atomic E-state index is 0.0987. The number of sulfonamides is 1. The normalized spacial score (nSPS) is 10.9. The molecule has 0 bridgehead atoms. The Kier molecular flexibility index (Phi) is 5.55. The summed E-state index contributed by atoms with van der Waals surface area (Å²) in [5.41, 5.74) is 0.556. The maximum Gasteiger partial charge on any atom is 0.261 e. The Morgan fingerprint density at radius 1 is 1.04 bits per heavy atom. The van der Waals surface area contributed by atoms with E-state index in [-0.39, 0.29) is 16.1 Å². The molecule has 0 aliphatic carbocycles. The minimum atomic E-state index is -3.99. The van der Waals surface area contributed by atoms with E-state index in [4.69, 9.17) is 4.74 Å². The predicted molar refractivity (Wildman–Crippen MR) is 102 cm³/mol. The second-order valence-corrected chi connectivity index (χ2v) is 7.34. The largest absolute Gasteiger partial charge is 0.481 e. The summed E-state index contributed by atoms with van der Waals surface area (Å²) in [5, 5.41) is 2.64. The first-order valence-electron chi connectivity index (χ1n) is 8.08. The molecule has 0 aliphatic rings. The maximum absolute atomic E-state index is 13.7. The highest BCUT2D eigenvalue weighted by molar-refractivity contribution is 7.92. The molecule has 0 saturated heterocycles. The zero-order valence-electron chi connectivity index (χ0n) is 14.7. The van der Waals surface area contributed by atoms with E-state index in [1.54, 1.807) is 12.1 Å².